The first kappa shape index (κ1) is 24.5. The summed E-state index contributed by atoms with van der Waals surface area (Å²) in [5.74, 6) is -0.0251. The van der Waals surface area contributed by atoms with Gasteiger partial charge in [0, 0.05) is 24.5 Å². The molecule has 4 rings (SSSR count). The molecule has 0 saturated heterocycles. The van der Waals surface area contributed by atoms with Gasteiger partial charge < -0.3 is 5.32 Å². The lowest BCUT2D eigenvalue weighted by Crippen LogP contribution is -2.40. The molecule has 1 N–H and O–H groups in total. The number of nitrogens with zero attached hydrogens (tertiary/aromatic N) is 2. The second kappa shape index (κ2) is 11.7. The molecule has 4 aromatic rings. The molecule has 6 nitrogen and oxygen atoms in total. The molecule has 180 valence electrons. The predicted octanol–water partition coefficient (Wildman–Crippen LogP) is 4.39. The van der Waals surface area contributed by atoms with Crippen molar-refractivity contribution < 1.29 is 4.79 Å². The number of carbonyl (C=O) groups is 1. The number of para-hydroxylation sites is 1. The predicted molar refractivity (Wildman–Crippen MR) is 140 cm³/mol. The first-order valence-corrected chi connectivity index (χ1v) is 12.2. The number of hydrogen-bond donors (Lipinski definition) is 1. The number of amides is 1. The fourth-order valence-electron chi connectivity index (χ4n) is 4.15. The van der Waals surface area contributed by atoms with E-state index >= 15 is 0 Å². The zero-order valence-corrected chi connectivity index (χ0v) is 20.2. The SMILES string of the molecule is O=C(CCCCn1c(=O)c2ccccc2n(Cc2ccccc2Cl)c1=O)NCCc1ccccc1. The van der Waals surface area contributed by atoms with Crippen molar-refractivity contribution in [2.75, 3.05) is 6.54 Å². The van der Waals surface area contributed by atoms with Crippen LogP contribution in [0.3, 0.4) is 0 Å². The molecule has 35 heavy (non-hydrogen) atoms. The minimum Gasteiger partial charge on any atom is -0.356 e. The Kier molecular flexibility index (Phi) is 8.16. The molecule has 0 radical (unpaired) electrons. The molecule has 0 saturated carbocycles. The lowest BCUT2D eigenvalue weighted by molar-refractivity contribution is -0.121. The Hall–Kier alpha value is -3.64. The minimum atomic E-state index is -0.374. The highest BCUT2D eigenvalue weighted by atomic mass is 35.5. The molecular weight excluding hydrogens is 462 g/mol. The highest BCUT2D eigenvalue weighted by Crippen LogP contribution is 2.17. The van der Waals surface area contributed by atoms with Gasteiger partial charge in [-0.05, 0) is 48.6 Å². The summed E-state index contributed by atoms with van der Waals surface area (Å²) >= 11 is 6.33. The summed E-state index contributed by atoms with van der Waals surface area (Å²) in [6.07, 6.45) is 2.26. The highest BCUT2D eigenvalue weighted by Gasteiger charge is 2.14. The van der Waals surface area contributed by atoms with Crippen LogP contribution in [0.5, 0.6) is 0 Å². The summed E-state index contributed by atoms with van der Waals surface area (Å²) in [7, 11) is 0. The van der Waals surface area contributed by atoms with Crippen molar-refractivity contribution in [3.05, 3.63) is 116 Å². The summed E-state index contributed by atoms with van der Waals surface area (Å²) in [6.45, 7) is 1.10. The van der Waals surface area contributed by atoms with Crippen LogP contribution in [0.25, 0.3) is 10.9 Å². The number of aromatic nitrogens is 2. The van der Waals surface area contributed by atoms with Gasteiger partial charge in [-0.15, -0.1) is 0 Å². The van der Waals surface area contributed by atoms with Crippen LogP contribution in [0, 0.1) is 0 Å². The summed E-state index contributed by atoms with van der Waals surface area (Å²) in [6, 6.07) is 24.5. The molecule has 0 aliphatic rings. The van der Waals surface area contributed by atoms with Crippen molar-refractivity contribution in [2.24, 2.45) is 0 Å². The third-order valence-electron chi connectivity index (χ3n) is 6.03. The lowest BCUT2D eigenvalue weighted by atomic mass is 10.1. The number of hydrogen-bond acceptors (Lipinski definition) is 3. The summed E-state index contributed by atoms with van der Waals surface area (Å²) in [5, 5.41) is 3.99. The Balaban J connectivity index is 1.42. The number of nitrogens with one attached hydrogen (secondary N) is 1. The maximum Gasteiger partial charge on any atom is 0.331 e. The Morgan fingerprint density at radius 1 is 0.829 bits per heavy atom. The Morgan fingerprint density at radius 2 is 1.54 bits per heavy atom. The smallest absolute Gasteiger partial charge is 0.331 e. The summed E-state index contributed by atoms with van der Waals surface area (Å²) in [5.41, 5.74) is 1.88. The second-order valence-corrected chi connectivity index (χ2v) is 8.88. The van der Waals surface area contributed by atoms with Gasteiger partial charge in [-0.2, -0.15) is 0 Å². The zero-order chi connectivity index (χ0) is 24.6. The topological polar surface area (TPSA) is 73.1 Å². The normalized spacial score (nSPS) is 11.0. The Bertz CT molecular complexity index is 1430. The number of rotatable bonds is 10. The summed E-state index contributed by atoms with van der Waals surface area (Å²) in [4.78, 5) is 38.6. The molecule has 0 aliphatic heterocycles. The standard InChI is InChI=1S/C28H28ClN3O3/c29-24-14-6-4-12-22(24)20-32-25-15-7-5-13-23(25)27(34)31(28(32)35)19-9-8-16-26(33)30-18-17-21-10-2-1-3-11-21/h1-7,10-15H,8-9,16-20H2,(H,30,33). The van der Waals surface area contributed by atoms with Crippen LogP contribution in [-0.2, 0) is 24.3 Å². The molecule has 1 amide bonds. The van der Waals surface area contributed by atoms with Crippen LogP contribution >= 0.6 is 11.6 Å². The van der Waals surface area contributed by atoms with Gasteiger partial charge in [0.2, 0.25) is 5.91 Å². The molecule has 1 heterocycles. The molecule has 3 aromatic carbocycles. The van der Waals surface area contributed by atoms with Crippen LogP contribution in [-0.4, -0.2) is 21.6 Å². The van der Waals surface area contributed by atoms with E-state index in [9.17, 15) is 14.4 Å². The molecule has 0 atom stereocenters. The van der Waals surface area contributed by atoms with Crippen LogP contribution in [0.1, 0.15) is 30.4 Å². The largest absolute Gasteiger partial charge is 0.356 e. The number of unbranched alkanes of at least 4 members (excludes halogenated alkanes) is 1. The third-order valence-corrected chi connectivity index (χ3v) is 6.40. The van der Waals surface area contributed by atoms with Crippen LogP contribution in [0.4, 0.5) is 0 Å². The number of fused-ring (bicyclic) bond motifs is 1. The van der Waals surface area contributed by atoms with E-state index in [-0.39, 0.29) is 30.2 Å². The van der Waals surface area contributed by atoms with Gasteiger partial charge in [-0.25, -0.2) is 4.79 Å². The van der Waals surface area contributed by atoms with Gasteiger partial charge in [0.25, 0.3) is 5.56 Å². The van der Waals surface area contributed by atoms with E-state index in [2.05, 4.69) is 5.32 Å². The fraction of sp³-hybridized carbons (Fsp3) is 0.250. The Morgan fingerprint density at radius 3 is 2.34 bits per heavy atom. The number of halogens is 1. The van der Waals surface area contributed by atoms with E-state index in [0.29, 0.717) is 41.7 Å². The van der Waals surface area contributed by atoms with Crippen LogP contribution in [0.15, 0.2) is 88.5 Å². The van der Waals surface area contributed by atoms with Crippen molar-refractivity contribution in [3.8, 4) is 0 Å². The third kappa shape index (κ3) is 6.08. The quantitative estimate of drug-likeness (QED) is 0.336. The molecular formula is C28H28ClN3O3. The van der Waals surface area contributed by atoms with Gasteiger partial charge in [-0.1, -0.05) is 72.3 Å². The Labute approximate surface area is 208 Å². The number of benzene rings is 3. The average Bonchev–Trinajstić information content (AvgIpc) is 2.88. The highest BCUT2D eigenvalue weighted by molar-refractivity contribution is 6.31. The molecule has 0 spiro atoms. The van der Waals surface area contributed by atoms with Gasteiger partial charge in [0.1, 0.15) is 0 Å². The van der Waals surface area contributed by atoms with Gasteiger partial charge >= 0.3 is 5.69 Å². The van der Waals surface area contributed by atoms with E-state index in [1.807, 2.05) is 54.6 Å². The monoisotopic (exact) mass is 489 g/mol. The minimum absolute atomic E-state index is 0.0251. The van der Waals surface area contributed by atoms with E-state index in [0.717, 1.165) is 12.0 Å². The zero-order valence-electron chi connectivity index (χ0n) is 19.5. The van der Waals surface area contributed by atoms with Gasteiger partial charge in [0.05, 0.1) is 17.4 Å². The molecule has 0 unspecified atom stereocenters. The van der Waals surface area contributed by atoms with E-state index in [1.54, 1.807) is 28.8 Å². The lowest BCUT2D eigenvalue weighted by Gasteiger charge is -2.15. The van der Waals surface area contributed by atoms with Gasteiger partial charge in [0.15, 0.2) is 0 Å². The van der Waals surface area contributed by atoms with E-state index < -0.39 is 0 Å². The van der Waals surface area contributed by atoms with Crippen molar-refractivity contribution in [3.63, 3.8) is 0 Å². The van der Waals surface area contributed by atoms with E-state index in [1.165, 1.54) is 10.1 Å². The summed E-state index contributed by atoms with van der Waals surface area (Å²) < 4.78 is 2.86. The maximum absolute atomic E-state index is 13.3. The fourth-order valence-corrected chi connectivity index (χ4v) is 4.35. The average molecular weight is 490 g/mol. The van der Waals surface area contributed by atoms with Crippen molar-refractivity contribution >= 4 is 28.4 Å². The molecule has 7 heteroatoms. The molecule has 0 fully saturated rings. The number of carbonyl (C=O) groups excluding carboxylic acids is 1. The van der Waals surface area contributed by atoms with Crippen LogP contribution < -0.4 is 16.6 Å². The molecule has 0 aliphatic carbocycles. The van der Waals surface area contributed by atoms with Crippen LogP contribution in [0.2, 0.25) is 5.02 Å². The van der Waals surface area contributed by atoms with Crippen molar-refractivity contribution in [1.82, 2.24) is 14.5 Å². The van der Waals surface area contributed by atoms with Gasteiger partial charge in [-0.3, -0.25) is 18.7 Å². The first-order valence-electron chi connectivity index (χ1n) is 11.8. The van der Waals surface area contributed by atoms with Crippen molar-refractivity contribution in [1.29, 1.82) is 0 Å². The second-order valence-electron chi connectivity index (χ2n) is 8.48. The van der Waals surface area contributed by atoms with Crippen molar-refractivity contribution in [2.45, 2.75) is 38.8 Å². The molecule has 1 aromatic heterocycles. The first-order chi connectivity index (χ1) is 17.0. The molecule has 0 bridgehead atoms. The maximum atomic E-state index is 13.3. The van der Waals surface area contributed by atoms with E-state index in [4.69, 9.17) is 11.6 Å².